The van der Waals surface area contributed by atoms with Crippen molar-refractivity contribution in [1.29, 1.82) is 0 Å². The van der Waals surface area contributed by atoms with Gasteiger partial charge < -0.3 is 37.9 Å². The Morgan fingerprint density at radius 3 is 1.57 bits per heavy atom. The van der Waals surface area contributed by atoms with E-state index in [2.05, 4.69) is 22.3 Å². The Bertz CT molecular complexity index is 915. The molecule has 252 valence electrons. The highest BCUT2D eigenvalue weighted by molar-refractivity contribution is 5.73. The number of aryl methyl sites for hydroxylation is 2. The summed E-state index contributed by atoms with van der Waals surface area (Å²) in [6, 6.07) is 0. The predicted octanol–water partition coefficient (Wildman–Crippen LogP) is 2.24. The molecule has 0 radical (unpaired) electrons. The van der Waals surface area contributed by atoms with Crippen LogP contribution in [-0.4, -0.2) is 137 Å². The average Bonchev–Trinajstić information content (AvgIpc) is 3.70. The first-order valence-corrected chi connectivity index (χ1v) is 15.8. The second-order valence-corrected chi connectivity index (χ2v) is 9.84. The van der Waals surface area contributed by atoms with Gasteiger partial charge in [0.2, 0.25) is 0 Å². The highest BCUT2D eigenvalue weighted by atomic mass is 16.6. The minimum absolute atomic E-state index is 0.509. The molecule has 0 saturated heterocycles. The van der Waals surface area contributed by atoms with Gasteiger partial charge in [-0.15, -0.1) is 5.10 Å². The van der Waals surface area contributed by atoms with Crippen molar-refractivity contribution in [2.24, 2.45) is 0 Å². The second-order valence-electron chi connectivity index (χ2n) is 9.84. The van der Waals surface area contributed by atoms with Gasteiger partial charge in [0.15, 0.2) is 6.29 Å². The van der Waals surface area contributed by atoms with E-state index in [0.29, 0.717) is 111 Å². The average molecular weight is 628 g/mol. The number of hydrogen-bond donors (Lipinski definition) is 0. The fraction of sp³-hybridized carbons (Fsp3) is 0.800. The number of aromatic nitrogens is 5. The summed E-state index contributed by atoms with van der Waals surface area (Å²) < 4.78 is 47.5. The Morgan fingerprint density at radius 2 is 1.09 bits per heavy atom. The molecule has 0 aromatic carbocycles. The summed E-state index contributed by atoms with van der Waals surface area (Å²) in [5.41, 5.74) is 1.56. The van der Waals surface area contributed by atoms with Crippen LogP contribution in [0.25, 0.3) is 0 Å². The minimum atomic E-state index is 0.509. The fourth-order valence-electron chi connectivity index (χ4n) is 3.75. The lowest BCUT2D eigenvalue weighted by molar-refractivity contribution is -0.0233. The molecule has 0 N–H and O–H groups in total. The quantitative estimate of drug-likeness (QED) is 0.0847. The largest absolute Gasteiger partial charge is 0.379 e. The normalized spacial score (nSPS) is 11.5. The lowest BCUT2D eigenvalue weighted by Gasteiger charge is -2.08. The molecule has 2 aromatic heterocycles. The van der Waals surface area contributed by atoms with Crippen LogP contribution < -0.4 is 0 Å². The molecule has 0 aliphatic heterocycles. The van der Waals surface area contributed by atoms with Crippen molar-refractivity contribution in [1.82, 2.24) is 24.8 Å². The van der Waals surface area contributed by atoms with Crippen molar-refractivity contribution < 1.29 is 42.7 Å². The third kappa shape index (κ3) is 21.4. The van der Waals surface area contributed by atoms with E-state index in [1.807, 2.05) is 6.20 Å². The highest BCUT2D eigenvalue weighted by Gasteiger charge is 2.03. The van der Waals surface area contributed by atoms with Crippen LogP contribution >= 0.6 is 0 Å². The van der Waals surface area contributed by atoms with Crippen LogP contribution in [-0.2, 0) is 57.4 Å². The molecule has 2 rings (SSSR count). The van der Waals surface area contributed by atoms with Crippen molar-refractivity contribution in [3.05, 3.63) is 29.8 Å². The Hall–Kier alpha value is -2.30. The molecular weight excluding hydrogens is 574 g/mol. The monoisotopic (exact) mass is 627 g/mol. The topological polar surface area (TPSA) is 139 Å². The Labute approximate surface area is 261 Å². The molecule has 0 aliphatic carbocycles. The summed E-state index contributed by atoms with van der Waals surface area (Å²) in [6.07, 6.45) is 11.1. The summed E-state index contributed by atoms with van der Waals surface area (Å²) in [6.45, 7) is 12.4. The van der Waals surface area contributed by atoms with E-state index in [1.165, 1.54) is 0 Å². The van der Waals surface area contributed by atoms with Gasteiger partial charge in [-0.2, -0.15) is 5.10 Å². The molecule has 0 fully saturated rings. The van der Waals surface area contributed by atoms with E-state index in [4.69, 9.17) is 37.9 Å². The minimum Gasteiger partial charge on any atom is -0.379 e. The molecule has 0 atom stereocenters. The molecule has 0 unspecified atom stereocenters. The summed E-state index contributed by atoms with van der Waals surface area (Å²) in [5, 5.41) is 12.5. The first kappa shape index (κ1) is 37.9. The number of aldehydes is 1. The van der Waals surface area contributed by atoms with Gasteiger partial charge >= 0.3 is 0 Å². The lowest BCUT2D eigenvalue weighted by Crippen LogP contribution is -2.15. The van der Waals surface area contributed by atoms with E-state index in [-0.39, 0.29) is 0 Å². The maximum atomic E-state index is 10.7. The molecule has 0 aliphatic rings. The van der Waals surface area contributed by atoms with Crippen LogP contribution in [0.5, 0.6) is 0 Å². The maximum Gasteiger partial charge on any atom is 0.153 e. The van der Waals surface area contributed by atoms with E-state index in [9.17, 15) is 4.79 Å². The number of carbonyl (C=O) groups excluding carboxylic acids is 1. The fourth-order valence-corrected chi connectivity index (χ4v) is 3.75. The van der Waals surface area contributed by atoms with Crippen LogP contribution in [0.4, 0.5) is 0 Å². The van der Waals surface area contributed by atoms with Crippen molar-refractivity contribution in [2.45, 2.75) is 52.1 Å². The summed E-state index contributed by atoms with van der Waals surface area (Å²) >= 11 is 0. The van der Waals surface area contributed by atoms with Gasteiger partial charge in [-0.05, 0) is 25.7 Å². The van der Waals surface area contributed by atoms with Crippen LogP contribution in [0.1, 0.15) is 48.7 Å². The highest BCUT2D eigenvalue weighted by Crippen LogP contribution is 2.04. The standard InChI is InChI=1S/C30H53N5O9/c1-2-3-9-37-11-13-39-15-17-41-19-21-43-23-24-44-22-20-42-18-16-40-14-12-38-10-8-35-27-30(32-33-35)6-4-5-7-34-26-29(28-36)25-31-34/h25-28H,2-24H2,1H3. The zero-order valence-corrected chi connectivity index (χ0v) is 26.5. The smallest absolute Gasteiger partial charge is 0.153 e. The Kier molecular flexibility index (Phi) is 24.3. The molecule has 0 saturated carbocycles. The number of unbranched alkanes of at least 4 members (excludes halogenated alkanes) is 2. The van der Waals surface area contributed by atoms with E-state index in [1.54, 1.807) is 21.8 Å². The Morgan fingerprint density at radius 1 is 0.591 bits per heavy atom. The maximum absolute atomic E-state index is 10.7. The SMILES string of the molecule is CCCCOCCOCCOCCOCCOCCOCCOCCOCCn1cc(CCCCn2cc(C=O)cn2)nn1. The summed E-state index contributed by atoms with van der Waals surface area (Å²) in [7, 11) is 0. The van der Waals surface area contributed by atoms with Crippen LogP contribution in [0.15, 0.2) is 18.6 Å². The number of ether oxygens (including phenoxy) is 8. The van der Waals surface area contributed by atoms with Gasteiger partial charge in [0.05, 0.1) is 123 Å². The zero-order chi connectivity index (χ0) is 31.2. The number of hydrogen-bond acceptors (Lipinski definition) is 12. The number of carbonyl (C=O) groups is 1. The Balaban J connectivity index is 1.23. The van der Waals surface area contributed by atoms with Crippen LogP contribution in [0.3, 0.4) is 0 Å². The molecule has 2 heterocycles. The molecule has 14 heteroatoms. The van der Waals surface area contributed by atoms with Gasteiger partial charge in [-0.25, -0.2) is 4.68 Å². The first-order chi connectivity index (χ1) is 21.8. The van der Waals surface area contributed by atoms with Gasteiger partial charge in [0, 0.05) is 25.5 Å². The molecule has 44 heavy (non-hydrogen) atoms. The summed E-state index contributed by atoms with van der Waals surface area (Å²) in [5.74, 6) is 0. The van der Waals surface area contributed by atoms with Crippen molar-refractivity contribution in [3.8, 4) is 0 Å². The van der Waals surface area contributed by atoms with Gasteiger partial charge in [0.25, 0.3) is 0 Å². The summed E-state index contributed by atoms with van der Waals surface area (Å²) in [4.78, 5) is 10.7. The van der Waals surface area contributed by atoms with Gasteiger partial charge in [0.1, 0.15) is 0 Å². The lowest BCUT2D eigenvalue weighted by atomic mass is 10.2. The molecule has 2 aromatic rings. The van der Waals surface area contributed by atoms with E-state index >= 15 is 0 Å². The predicted molar refractivity (Wildman–Crippen MR) is 162 cm³/mol. The van der Waals surface area contributed by atoms with Gasteiger partial charge in [-0.3, -0.25) is 9.48 Å². The number of rotatable bonds is 33. The van der Waals surface area contributed by atoms with E-state index in [0.717, 1.165) is 57.2 Å². The first-order valence-electron chi connectivity index (χ1n) is 15.8. The van der Waals surface area contributed by atoms with Crippen molar-refractivity contribution in [2.75, 3.05) is 106 Å². The molecule has 14 nitrogen and oxygen atoms in total. The second kappa shape index (κ2) is 28.2. The third-order valence-electron chi connectivity index (χ3n) is 6.16. The van der Waals surface area contributed by atoms with Gasteiger partial charge in [-0.1, -0.05) is 18.6 Å². The molecule has 0 spiro atoms. The molecule has 0 amide bonds. The van der Waals surface area contributed by atoms with E-state index < -0.39 is 0 Å². The molecule has 0 bridgehead atoms. The van der Waals surface area contributed by atoms with Crippen LogP contribution in [0, 0.1) is 0 Å². The third-order valence-corrected chi connectivity index (χ3v) is 6.16. The van der Waals surface area contributed by atoms with Crippen LogP contribution in [0.2, 0.25) is 0 Å². The zero-order valence-electron chi connectivity index (χ0n) is 26.5. The molecular formula is C30H53N5O9. The van der Waals surface area contributed by atoms with Crippen molar-refractivity contribution in [3.63, 3.8) is 0 Å². The van der Waals surface area contributed by atoms with Crippen molar-refractivity contribution >= 4 is 6.29 Å². The number of nitrogens with zero attached hydrogens (tertiary/aromatic N) is 5.